The lowest BCUT2D eigenvalue weighted by molar-refractivity contribution is 0.988. The number of aryl methyl sites for hydroxylation is 1. The Morgan fingerprint density at radius 2 is 1.20 bits per heavy atom. The van der Waals surface area contributed by atoms with Gasteiger partial charge in [0.25, 0.3) is 0 Å². The molecule has 0 saturated heterocycles. The van der Waals surface area contributed by atoms with Crippen LogP contribution in [0.2, 0.25) is 0 Å². The Balaban J connectivity index is 1.25. The molecule has 1 heteroatoms. The second-order valence-electron chi connectivity index (χ2n) is 12.2. The Kier molecular flexibility index (Phi) is 7.08. The quantitative estimate of drug-likeness (QED) is 0.185. The molecule has 0 atom stereocenters. The van der Waals surface area contributed by atoms with Crippen LogP contribution < -0.4 is 0 Å². The van der Waals surface area contributed by atoms with Crippen molar-refractivity contribution in [3.8, 4) is 11.1 Å². The SMILES string of the molecule is C/C1=C(c2cccc(-c3ccc4c5c(c6ccccc6c4c3)CCC=C5)c2)/N=C(c2ccccc2)\C=C(\c2ccccc2)CC1. The molecule has 8 rings (SSSR count). The highest BCUT2D eigenvalue weighted by Crippen LogP contribution is 2.39. The van der Waals surface area contributed by atoms with Crippen LogP contribution in [-0.2, 0) is 6.42 Å². The molecule has 0 N–H and O–H groups in total. The molecule has 216 valence electrons. The van der Waals surface area contributed by atoms with Crippen LogP contribution in [0.3, 0.4) is 0 Å². The van der Waals surface area contributed by atoms with E-state index in [1.807, 2.05) is 0 Å². The van der Waals surface area contributed by atoms with Crippen LogP contribution in [0.25, 0.3) is 50.0 Å². The Morgan fingerprint density at radius 1 is 0.511 bits per heavy atom. The van der Waals surface area contributed by atoms with Gasteiger partial charge in [-0.3, -0.25) is 0 Å². The standard InChI is InChI=1S/C44H35N/c1-30-23-24-35(31-13-4-2-5-14-31)29-43(32-15-6-3-7-16-32)45-44(30)36-18-12-17-33(27-36)34-25-26-41-39-21-9-8-19-37(39)38-20-10-11-22-40(38)42(41)28-34/h2-7,9-18,20-22,25-29H,8,19,23-24H2,1H3/b35-29+,44-30-,45-43+. The maximum absolute atomic E-state index is 5.42. The Bertz CT molecular complexity index is 2190. The molecule has 1 heterocycles. The molecule has 6 aromatic carbocycles. The molecule has 0 bridgehead atoms. The predicted octanol–water partition coefficient (Wildman–Crippen LogP) is 11.7. The fraction of sp³-hybridized carbons (Fsp3) is 0.114. The van der Waals surface area contributed by atoms with Crippen molar-refractivity contribution in [2.75, 3.05) is 0 Å². The summed E-state index contributed by atoms with van der Waals surface area (Å²) in [4.78, 5) is 5.42. The van der Waals surface area contributed by atoms with Gasteiger partial charge in [-0.15, -0.1) is 0 Å². The zero-order valence-corrected chi connectivity index (χ0v) is 25.6. The number of fused-ring (bicyclic) bond motifs is 6. The van der Waals surface area contributed by atoms with Crippen LogP contribution in [0, 0.1) is 0 Å². The van der Waals surface area contributed by atoms with Gasteiger partial charge >= 0.3 is 0 Å². The number of hydrogen-bond acceptors (Lipinski definition) is 1. The maximum Gasteiger partial charge on any atom is 0.0712 e. The third-order valence-electron chi connectivity index (χ3n) is 9.42. The van der Waals surface area contributed by atoms with Gasteiger partial charge in [-0.1, -0.05) is 127 Å². The lowest BCUT2D eigenvalue weighted by Gasteiger charge is -2.19. The van der Waals surface area contributed by atoms with Crippen molar-refractivity contribution in [1.29, 1.82) is 0 Å². The maximum atomic E-state index is 5.42. The van der Waals surface area contributed by atoms with Crippen molar-refractivity contribution in [3.63, 3.8) is 0 Å². The van der Waals surface area contributed by atoms with Gasteiger partial charge in [0.15, 0.2) is 0 Å². The van der Waals surface area contributed by atoms with E-state index in [1.165, 1.54) is 60.5 Å². The summed E-state index contributed by atoms with van der Waals surface area (Å²) in [6.07, 6.45) is 11.1. The average molecular weight is 578 g/mol. The fourth-order valence-electron chi connectivity index (χ4n) is 7.08. The first kappa shape index (κ1) is 27.3. The first-order valence-corrected chi connectivity index (χ1v) is 16.1. The largest absolute Gasteiger partial charge is 0.248 e. The topological polar surface area (TPSA) is 12.4 Å². The molecule has 0 fully saturated rings. The summed E-state index contributed by atoms with van der Waals surface area (Å²) in [5.74, 6) is 0. The summed E-state index contributed by atoms with van der Waals surface area (Å²) in [5, 5.41) is 5.40. The molecule has 2 aliphatic rings. The van der Waals surface area contributed by atoms with Crippen molar-refractivity contribution >= 4 is 44.6 Å². The van der Waals surface area contributed by atoms with E-state index in [2.05, 4.69) is 153 Å². The highest BCUT2D eigenvalue weighted by atomic mass is 14.8. The number of nitrogens with zero attached hydrogens (tertiary/aromatic N) is 1. The number of allylic oxidation sites excluding steroid dienone is 4. The summed E-state index contributed by atoms with van der Waals surface area (Å²) >= 11 is 0. The lowest BCUT2D eigenvalue weighted by Crippen LogP contribution is -2.04. The molecule has 1 aliphatic carbocycles. The molecule has 45 heavy (non-hydrogen) atoms. The molecule has 0 amide bonds. The molecule has 0 unspecified atom stereocenters. The van der Waals surface area contributed by atoms with E-state index in [0.717, 1.165) is 48.2 Å². The molecule has 1 aliphatic heterocycles. The highest BCUT2D eigenvalue weighted by molar-refractivity contribution is 6.15. The number of rotatable bonds is 4. The van der Waals surface area contributed by atoms with Crippen LogP contribution >= 0.6 is 0 Å². The smallest absolute Gasteiger partial charge is 0.0712 e. The lowest BCUT2D eigenvalue weighted by atomic mass is 9.85. The second-order valence-corrected chi connectivity index (χ2v) is 12.2. The molecule has 6 aromatic rings. The van der Waals surface area contributed by atoms with Crippen LogP contribution in [-0.4, -0.2) is 5.71 Å². The van der Waals surface area contributed by atoms with Crippen LogP contribution in [0.1, 0.15) is 54.0 Å². The minimum absolute atomic E-state index is 0.965. The Hall–Kier alpha value is -5.27. The zero-order chi connectivity index (χ0) is 30.2. The van der Waals surface area contributed by atoms with Gasteiger partial charge < -0.3 is 0 Å². The number of hydrogen-bond donors (Lipinski definition) is 0. The van der Waals surface area contributed by atoms with Crippen molar-refractivity contribution in [2.45, 2.75) is 32.6 Å². The molecule has 0 spiro atoms. The van der Waals surface area contributed by atoms with Gasteiger partial charge in [0.2, 0.25) is 0 Å². The van der Waals surface area contributed by atoms with Crippen molar-refractivity contribution < 1.29 is 0 Å². The summed E-state index contributed by atoms with van der Waals surface area (Å²) < 4.78 is 0. The Morgan fingerprint density at radius 3 is 2.02 bits per heavy atom. The van der Waals surface area contributed by atoms with E-state index in [-0.39, 0.29) is 0 Å². The van der Waals surface area contributed by atoms with Gasteiger partial charge in [0, 0.05) is 11.1 Å². The molecule has 0 aromatic heterocycles. The van der Waals surface area contributed by atoms with E-state index < -0.39 is 0 Å². The van der Waals surface area contributed by atoms with E-state index >= 15 is 0 Å². The van der Waals surface area contributed by atoms with Gasteiger partial charge in [0.05, 0.1) is 11.4 Å². The molecular weight excluding hydrogens is 542 g/mol. The summed E-state index contributed by atoms with van der Waals surface area (Å²) in [7, 11) is 0. The summed E-state index contributed by atoms with van der Waals surface area (Å²) in [6.45, 7) is 2.25. The van der Waals surface area contributed by atoms with Gasteiger partial charge in [-0.2, -0.15) is 0 Å². The van der Waals surface area contributed by atoms with Gasteiger partial charge in [0.1, 0.15) is 0 Å². The molecular formula is C44H35N. The van der Waals surface area contributed by atoms with E-state index in [4.69, 9.17) is 4.99 Å². The second kappa shape index (κ2) is 11.7. The average Bonchev–Trinajstić information content (AvgIpc) is 3.11. The Labute approximate surface area is 265 Å². The van der Waals surface area contributed by atoms with Gasteiger partial charge in [-0.05, 0) is 111 Å². The van der Waals surface area contributed by atoms with Crippen LogP contribution in [0.15, 0.2) is 150 Å². The highest BCUT2D eigenvalue weighted by Gasteiger charge is 2.17. The predicted molar refractivity (Wildman–Crippen MR) is 193 cm³/mol. The van der Waals surface area contributed by atoms with E-state index in [1.54, 1.807) is 0 Å². The minimum Gasteiger partial charge on any atom is -0.248 e. The number of aliphatic imine (C=N–C) groups is 1. The van der Waals surface area contributed by atoms with E-state index in [9.17, 15) is 0 Å². The first-order valence-electron chi connectivity index (χ1n) is 16.1. The van der Waals surface area contributed by atoms with Crippen molar-refractivity contribution in [2.24, 2.45) is 4.99 Å². The van der Waals surface area contributed by atoms with E-state index in [0.29, 0.717) is 0 Å². The van der Waals surface area contributed by atoms with Crippen molar-refractivity contribution in [3.05, 3.63) is 173 Å². The van der Waals surface area contributed by atoms with Crippen molar-refractivity contribution in [1.82, 2.24) is 0 Å². The monoisotopic (exact) mass is 577 g/mol. The number of benzene rings is 6. The summed E-state index contributed by atoms with van der Waals surface area (Å²) in [5.41, 5.74) is 13.6. The molecule has 0 saturated carbocycles. The third-order valence-corrected chi connectivity index (χ3v) is 9.42. The summed E-state index contributed by atoms with van der Waals surface area (Å²) in [6, 6.07) is 46.2. The molecule has 1 nitrogen and oxygen atoms in total. The zero-order valence-electron chi connectivity index (χ0n) is 25.6. The third kappa shape index (κ3) is 5.15. The normalized spacial score (nSPS) is 18.9. The minimum atomic E-state index is 0.965. The van der Waals surface area contributed by atoms with Gasteiger partial charge in [-0.25, -0.2) is 4.99 Å². The fourth-order valence-corrected chi connectivity index (χ4v) is 7.08. The van der Waals surface area contributed by atoms with Crippen LogP contribution in [0.5, 0.6) is 0 Å². The first-order chi connectivity index (χ1) is 22.2. The molecule has 0 radical (unpaired) electrons. The van der Waals surface area contributed by atoms with Crippen LogP contribution in [0.4, 0.5) is 0 Å².